The lowest BCUT2D eigenvalue weighted by molar-refractivity contribution is 0.310. The molecule has 0 radical (unpaired) electrons. The molecular weight excluding hydrogens is 417 g/mol. The number of hydrogen-bond donors (Lipinski definition) is 1. The number of aliphatic imine (C=N–C) groups is 1. The summed E-state index contributed by atoms with van der Waals surface area (Å²) in [7, 11) is 5.49. The molecule has 5 nitrogen and oxygen atoms in total. The van der Waals surface area contributed by atoms with Gasteiger partial charge >= 0.3 is 0 Å². The van der Waals surface area contributed by atoms with Crippen LogP contribution in [0.1, 0.15) is 25.3 Å². The molecule has 1 aromatic rings. The SMILES string of the molecule is C=CCCCN(C)C(=NC)NCc1ccc(OC)c(OCC)c1.I. The van der Waals surface area contributed by atoms with Crippen LogP contribution in [0, 0.1) is 0 Å². The van der Waals surface area contributed by atoms with Crippen molar-refractivity contribution < 1.29 is 9.47 Å². The van der Waals surface area contributed by atoms with Gasteiger partial charge in [-0.15, -0.1) is 30.6 Å². The van der Waals surface area contributed by atoms with Crippen LogP contribution in [0.25, 0.3) is 0 Å². The summed E-state index contributed by atoms with van der Waals surface area (Å²) in [5.74, 6) is 2.40. The van der Waals surface area contributed by atoms with Crippen LogP contribution in [0.15, 0.2) is 35.8 Å². The third kappa shape index (κ3) is 7.42. The molecule has 1 aromatic carbocycles. The maximum absolute atomic E-state index is 5.61. The first kappa shape index (κ1) is 22.6. The number of rotatable bonds is 9. The first-order chi connectivity index (χ1) is 11.2. The Labute approximate surface area is 163 Å². The summed E-state index contributed by atoms with van der Waals surface area (Å²) in [4.78, 5) is 6.45. The Balaban J connectivity index is 0.00000529. The minimum absolute atomic E-state index is 0. The Morgan fingerprint density at radius 3 is 2.71 bits per heavy atom. The number of hydrogen-bond acceptors (Lipinski definition) is 3. The monoisotopic (exact) mass is 447 g/mol. The smallest absolute Gasteiger partial charge is 0.193 e. The Morgan fingerprint density at radius 2 is 2.12 bits per heavy atom. The summed E-state index contributed by atoms with van der Waals surface area (Å²) in [6.45, 7) is 7.95. The van der Waals surface area contributed by atoms with E-state index in [2.05, 4.69) is 21.8 Å². The average molecular weight is 447 g/mol. The van der Waals surface area contributed by atoms with Crippen molar-refractivity contribution in [3.63, 3.8) is 0 Å². The molecule has 0 amide bonds. The number of nitrogens with zero attached hydrogens (tertiary/aromatic N) is 2. The fourth-order valence-corrected chi connectivity index (χ4v) is 2.24. The van der Waals surface area contributed by atoms with E-state index in [9.17, 15) is 0 Å². The largest absolute Gasteiger partial charge is 0.493 e. The quantitative estimate of drug-likeness (QED) is 0.206. The van der Waals surface area contributed by atoms with Gasteiger partial charge in [0.05, 0.1) is 13.7 Å². The highest BCUT2D eigenvalue weighted by molar-refractivity contribution is 14.0. The van der Waals surface area contributed by atoms with Crippen molar-refractivity contribution in [2.45, 2.75) is 26.3 Å². The van der Waals surface area contributed by atoms with Crippen LogP contribution in [-0.2, 0) is 6.54 Å². The van der Waals surface area contributed by atoms with Gasteiger partial charge in [-0.2, -0.15) is 0 Å². The molecule has 1 rings (SSSR count). The zero-order chi connectivity index (χ0) is 17.1. The van der Waals surface area contributed by atoms with Gasteiger partial charge in [0.2, 0.25) is 0 Å². The van der Waals surface area contributed by atoms with Crippen LogP contribution in [0.3, 0.4) is 0 Å². The third-order valence-corrected chi connectivity index (χ3v) is 3.45. The average Bonchev–Trinajstić information content (AvgIpc) is 2.56. The summed E-state index contributed by atoms with van der Waals surface area (Å²) in [6.07, 6.45) is 4.02. The summed E-state index contributed by atoms with van der Waals surface area (Å²) < 4.78 is 10.9. The van der Waals surface area contributed by atoms with Crippen LogP contribution in [0.4, 0.5) is 0 Å². The number of guanidine groups is 1. The molecule has 0 unspecified atom stereocenters. The van der Waals surface area contributed by atoms with Crippen molar-refractivity contribution in [2.75, 3.05) is 34.4 Å². The Kier molecular flexibility index (Phi) is 12.1. The number of unbranched alkanes of at least 4 members (excludes halogenated alkanes) is 1. The van der Waals surface area contributed by atoms with Crippen molar-refractivity contribution in [1.29, 1.82) is 0 Å². The maximum Gasteiger partial charge on any atom is 0.193 e. The number of methoxy groups -OCH3 is 1. The van der Waals surface area contributed by atoms with E-state index in [4.69, 9.17) is 9.47 Å². The van der Waals surface area contributed by atoms with Crippen molar-refractivity contribution in [2.24, 2.45) is 4.99 Å². The molecule has 0 saturated heterocycles. The molecule has 0 heterocycles. The number of ether oxygens (including phenoxy) is 2. The highest BCUT2D eigenvalue weighted by Crippen LogP contribution is 2.27. The molecule has 6 heteroatoms. The minimum atomic E-state index is 0. The van der Waals surface area contributed by atoms with E-state index in [0.717, 1.165) is 42.4 Å². The molecule has 1 N–H and O–H groups in total. The maximum atomic E-state index is 5.61. The Hall–Kier alpha value is -1.44. The van der Waals surface area contributed by atoms with Crippen molar-refractivity contribution in [3.05, 3.63) is 36.4 Å². The summed E-state index contributed by atoms with van der Waals surface area (Å²) in [5, 5.41) is 3.37. The Morgan fingerprint density at radius 1 is 1.38 bits per heavy atom. The van der Waals surface area contributed by atoms with E-state index < -0.39 is 0 Å². The second-order valence-electron chi connectivity index (χ2n) is 5.17. The van der Waals surface area contributed by atoms with E-state index in [1.165, 1.54) is 0 Å². The standard InChI is InChI=1S/C18H29N3O2.HI/c1-6-8-9-12-21(4)18(19-3)20-14-15-10-11-16(22-5)17(13-15)23-7-2;/h6,10-11,13H,1,7-9,12,14H2,2-5H3,(H,19,20);1H. The molecule has 24 heavy (non-hydrogen) atoms. The van der Waals surface area contributed by atoms with Gasteiger partial charge in [0.1, 0.15) is 0 Å². The number of nitrogens with one attached hydrogen (secondary N) is 1. The normalized spacial score (nSPS) is 10.6. The van der Waals surface area contributed by atoms with E-state index in [0.29, 0.717) is 13.2 Å². The van der Waals surface area contributed by atoms with Crippen LogP contribution in [0.2, 0.25) is 0 Å². The fraction of sp³-hybridized carbons (Fsp3) is 0.500. The molecule has 0 atom stereocenters. The van der Waals surface area contributed by atoms with Gasteiger partial charge in [0.15, 0.2) is 17.5 Å². The van der Waals surface area contributed by atoms with Gasteiger partial charge in [-0.25, -0.2) is 0 Å². The summed E-state index contributed by atoms with van der Waals surface area (Å²) >= 11 is 0. The molecule has 0 aliphatic rings. The molecule has 0 fully saturated rings. The zero-order valence-electron chi connectivity index (χ0n) is 15.2. The van der Waals surface area contributed by atoms with E-state index in [1.54, 1.807) is 14.2 Å². The molecule has 0 spiro atoms. The molecule has 136 valence electrons. The van der Waals surface area contributed by atoms with E-state index >= 15 is 0 Å². The zero-order valence-corrected chi connectivity index (χ0v) is 17.5. The fourth-order valence-electron chi connectivity index (χ4n) is 2.24. The first-order valence-electron chi connectivity index (χ1n) is 7.98. The van der Waals surface area contributed by atoms with Gasteiger partial charge in [0, 0.05) is 27.2 Å². The Bertz CT molecular complexity index is 521. The first-order valence-corrected chi connectivity index (χ1v) is 7.98. The highest BCUT2D eigenvalue weighted by Gasteiger charge is 2.08. The second-order valence-corrected chi connectivity index (χ2v) is 5.17. The van der Waals surface area contributed by atoms with E-state index in [-0.39, 0.29) is 24.0 Å². The molecule has 0 saturated carbocycles. The molecule has 0 aromatic heterocycles. The van der Waals surface area contributed by atoms with Gasteiger partial charge in [-0.05, 0) is 37.5 Å². The lowest BCUT2D eigenvalue weighted by atomic mass is 10.2. The molecule has 0 aliphatic carbocycles. The predicted molar refractivity (Wildman–Crippen MR) is 112 cm³/mol. The summed E-state index contributed by atoms with van der Waals surface area (Å²) in [5.41, 5.74) is 1.12. The predicted octanol–water partition coefficient (Wildman–Crippen LogP) is 3.69. The second kappa shape index (κ2) is 12.9. The minimum Gasteiger partial charge on any atom is -0.493 e. The van der Waals surface area contributed by atoms with Crippen LogP contribution in [-0.4, -0.2) is 45.2 Å². The van der Waals surface area contributed by atoms with Crippen LogP contribution >= 0.6 is 24.0 Å². The molecule has 0 aliphatic heterocycles. The third-order valence-electron chi connectivity index (χ3n) is 3.45. The number of allylic oxidation sites excluding steroid dienone is 1. The van der Waals surface area contributed by atoms with Crippen LogP contribution < -0.4 is 14.8 Å². The summed E-state index contributed by atoms with van der Waals surface area (Å²) in [6, 6.07) is 5.96. The molecule has 0 bridgehead atoms. The van der Waals surface area contributed by atoms with E-state index in [1.807, 2.05) is 38.2 Å². The number of benzene rings is 1. The molecular formula is C18H30IN3O2. The lowest BCUT2D eigenvalue weighted by Crippen LogP contribution is -2.38. The topological polar surface area (TPSA) is 46.1 Å². The van der Waals surface area contributed by atoms with Gasteiger partial charge in [-0.1, -0.05) is 12.1 Å². The lowest BCUT2D eigenvalue weighted by Gasteiger charge is -2.22. The van der Waals surface area contributed by atoms with Gasteiger partial charge < -0.3 is 19.7 Å². The van der Waals surface area contributed by atoms with Crippen molar-refractivity contribution in [3.8, 4) is 11.5 Å². The van der Waals surface area contributed by atoms with Crippen LogP contribution in [0.5, 0.6) is 11.5 Å². The van der Waals surface area contributed by atoms with Crippen molar-refractivity contribution in [1.82, 2.24) is 10.2 Å². The number of halogens is 1. The van der Waals surface area contributed by atoms with Gasteiger partial charge in [-0.3, -0.25) is 4.99 Å². The van der Waals surface area contributed by atoms with Crippen molar-refractivity contribution >= 4 is 29.9 Å². The highest BCUT2D eigenvalue weighted by atomic mass is 127. The van der Waals surface area contributed by atoms with Gasteiger partial charge in [0.25, 0.3) is 0 Å².